The number of carbonyl (C=O) groups excluding carboxylic acids is 2. The van der Waals surface area contributed by atoms with E-state index < -0.39 is 0 Å². The van der Waals surface area contributed by atoms with Crippen molar-refractivity contribution in [3.05, 3.63) is 0 Å². The van der Waals surface area contributed by atoms with Crippen LogP contribution in [0.5, 0.6) is 0 Å². The molecular weight excluding hydrogens is 322 g/mol. The number of aliphatic imine (C=N–C) groups is 1. The number of amides is 3. The normalized spacial score (nSPS) is 25.6. The summed E-state index contributed by atoms with van der Waals surface area (Å²) >= 11 is 0. The second-order valence-electron chi connectivity index (χ2n) is 7.17. The van der Waals surface area contributed by atoms with Gasteiger partial charge in [-0.15, -0.1) is 0 Å². The topological polar surface area (TPSA) is 95.1 Å². The van der Waals surface area contributed by atoms with Crippen molar-refractivity contribution in [1.29, 1.82) is 0 Å². The smallest absolute Gasteiger partial charge is 0.324 e. The molecule has 8 heteroatoms. The van der Waals surface area contributed by atoms with Crippen molar-refractivity contribution >= 4 is 17.9 Å². The van der Waals surface area contributed by atoms with E-state index in [9.17, 15) is 9.59 Å². The minimum Gasteiger partial charge on any atom is -0.378 e. The van der Waals surface area contributed by atoms with Gasteiger partial charge in [0.1, 0.15) is 0 Å². The Morgan fingerprint density at radius 3 is 2.76 bits per heavy atom. The molecule has 1 aliphatic heterocycles. The standard InChI is InChI=1S/C17H31N5O3/c1-5-6-9-25-13-10-12(17(13,2)3)21-15(18-4)19-7-8-22-14(23)11-20-16(22)24/h12-13H,5-11H2,1-4H3,(H,20,24)(H2,18,19,21). The quantitative estimate of drug-likeness (QED) is 0.258. The van der Waals surface area contributed by atoms with E-state index in [2.05, 4.69) is 41.7 Å². The molecule has 142 valence electrons. The molecule has 2 aliphatic rings. The monoisotopic (exact) mass is 353 g/mol. The van der Waals surface area contributed by atoms with Crippen LogP contribution < -0.4 is 16.0 Å². The summed E-state index contributed by atoms with van der Waals surface area (Å²) in [7, 11) is 1.71. The highest BCUT2D eigenvalue weighted by molar-refractivity contribution is 6.01. The SMILES string of the molecule is CCCCOC1CC(NC(=NC)NCCN2C(=O)CNC2=O)C1(C)C. The average Bonchev–Trinajstić information content (AvgIpc) is 2.90. The summed E-state index contributed by atoms with van der Waals surface area (Å²) in [6, 6.07) is -0.0519. The number of carbonyl (C=O) groups is 2. The summed E-state index contributed by atoms with van der Waals surface area (Å²) in [5.41, 5.74) is 0.0379. The highest BCUT2D eigenvalue weighted by Gasteiger charge is 2.49. The van der Waals surface area contributed by atoms with Crippen LogP contribution in [-0.2, 0) is 9.53 Å². The second-order valence-corrected chi connectivity index (χ2v) is 7.17. The van der Waals surface area contributed by atoms with Crippen LogP contribution in [-0.4, -0.2) is 68.2 Å². The number of hydrogen-bond donors (Lipinski definition) is 3. The van der Waals surface area contributed by atoms with Crippen LogP contribution in [0.4, 0.5) is 4.79 Å². The van der Waals surface area contributed by atoms with Crippen LogP contribution in [0.15, 0.2) is 4.99 Å². The first kappa shape index (κ1) is 19.5. The van der Waals surface area contributed by atoms with Gasteiger partial charge in [-0.3, -0.25) is 14.7 Å². The van der Waals surface area contributed by atoms with Gasteiger partial charge in [0.15, 0.2) is 5.96 Å². The molecule has 2 atom stereocenters. The molecule has 0 aromatic rings. The molecule has 2 fully saturated rings. The predicted molar refractivity (Wildman–Crippen MR) is 96.4 cm³/mol. The van der Waals surface area contributed by atoms with Gasteiger partial charge in [0.25, 0.3) is 0 Å². The molecule has 0 aromatic carbocycles. The summed E-state index contributed by atoms with van der Waals surface area (Å²) in [5, 5.41) is 9.09. The van der Waals surface area contributed by atoms with Crippen molar-refractivity contribution < 1.29 is 14.3 Å². The third-order valence-electron chi connectivity index (χ3n) is 5.09. The van der Waals surface area contributed by atoms with E-state index >= 15 is 0 Å². The molecule has 3 N–H and O–H groups in total. The first-order valence-electron chi connectivity index (χ1n) is 9.07. The fourth-order valence-electron chi connectivity index (χ4n) is 3.11. The Kier molecular flexibility index (Phi) is 6.64. The third kappa shape index (κ3) is 4.62. The number of ether oxygens (including phenoxy) is 1. The average molecular weight is 353 g/mol. The van der Waals surface area contributed by atoms with Crippen molar-refractivity contribution in [2.75, 3.05) is 33.3 Å². The zero-order valence-electron chi connectivity index (χ0n) is 15.7. The minimum atomic E-state index is -0.332. The number of unbranched alkanes of at least 4 members (excludes halogenated alkanes) is 1. The van der Waals surface area contributed by atoms with Gasteiger partial charge in [0, 0.05) is 38.2 Å². The van der Waals surface area contributed by atoms with E-state index in [0.29, 0.717) is 19.0 Å². The summed E-state index contributed by atoms with van der Waals surface area (Å²) in [4.78, 5) is 28.5. The van der Waals surface area contributed by atoms with Gasteiger partial charge in [-0.05, 0) is 12.8 Å². The Bertz CT molecular complexity index is 504. The van der Waals surface area contributed by atoms with Crippen molar-refractivity contribution in [2.45, 2.75) is 52.2 Å². The van der Waals surface area contributed by atoms with Gasteiger partial charge >= 0.3 is 6.03 Å². The number of rotatable bonds is 8. The van der Waals surface area contributed by atoms with E-state index in [1.54, 1.807) is 7.05 Å². The highest BCUT2D eigenvalue weighted by atomic mass is 16.5. The van der Waals surface area contributed by atoms with Crippen LogP contribution in [0.2, 0.25) is 0 Å². The first-order chi connectivity index (χ1) is 11.9. The number of guanidine groups is 1. The molecular formula is C17H31N5O3. The molecule has 25 heavy (non-hydrogen) atoms. The lowest BCUT2D eigenvalue weighted by Crippen LogP contribution is -2.63. The molecule has 0 aromatic heterocycles. The van der Waals surface area contributed by atoms with E-state index in [1.807, 2.05) is 0 Å². The molecule has 1 saturated carbocycles. The molecule has 1 aliphatic carbocycles. The zero-order chi connectivity index (χ0) is 18.4. The van der Waals surface area contributed by atoms with Crippen molar-refractivity contribution in [1.82, 2.24) is 20.9 Å². The number of nitrogens with one attached hydrogen (secondary N) is 3. The Hall–Kier alpha value is -1.83. The Labute approximate surface area is 149 Å². The molecule has 2 rings (SSSR count). The van der Waals surface area contributed by atoms with Gasteiger partial charge in [-0.1, -0.05) is 27.2 Å². The van der Waals surface area contributed by atoms with Gasteiger partial charge in [-0.25, -0.2) is 4.79 Å². The summed E-state index contributed by atoms with van der Waals surface area (Å²) in [6.45, 7) is 8.24. The summed E-state index contributed by atoms with van der Waals surface area (Å²) in [6.07, 6.45) is 3.45. The van der Waals surface area contributed by atoms with Crippen LogP contribution >= 0.6 is 0 Å². The number of imide groups is 1. The molecule has 1 saturated heterocycles. The second kappa shape index (κ2) is 8.51. The molecule has 2 unspecified atom stereocenters. The fraction of sp³-hybridized carbons (Fsp3) is 0.824. The lowest BCUT2D eigenvalue weighted by atomic mass is 9.64. The van der Waals surface area contributed by atoms with Crippen molar-refractivity contribution in [3.63, 3.8) is 0 Å². The molecule has 0 spiro atoms. The number of hydrogen-bond acceptors (Lipinski definition) is 4. The summed E-state index contributed by atoms with van der Waals surface area (Å²) < 4.78 is 5.96. The minimum absolute atomic E-state index is 0.0379. The highest BCUT2D eigenvalue weighted by Crippen LogP contribution is 2.42. The lowest BCUT2D eigenvalue weighted by molar-refractivity contribution is -0.124. The molecule has 8 nitrogen and oxygen atoms in total. The Balaban J connectivity index is 1.73. The molecule has 1 heterocycles. The first-order valence-corrected chi connectivity index (χ1v) is 9.07. The van der Waals surface area contributed by atoms with Crippen molar-refractivity contribution in [2.24, 2.45) is 10.4 Å². The Morgan fingerprint density at radius 2 is 2.20 bits per heavy atom. The van der Waals surface area contributed by atoms with Gasteiger partial charge < -0.3 is 20.7 Å². The van der Waals surface area contributed by atoms with E-state index in [4.69, 9.17) is 4.74 Å². The van der Waals surface area contributed by atoms with Gasteiger partial charge in [0.2, 0.25) is 5.91 Å². The molecule has 3 amide bonds. The van der Waals surface area contributed by atoms with E-state index in [0.717, 1.165) is 25.9 Å². The molecule has 0 bridgehead atoms. The van der Waals surface area contributed by atoms with Crippen LogP contribution in [0, 0.1) is 5.41 Å². The third-order valence-corrected chi connectivity index (χ3v) is 5.09. The maximum absolute atomic E-state index is 11.5. The largest absolute Gasteiger partial charge is 0.378 e. The Morgan fingerprint density at radius 1 is 1.44 bits per heavy atom. The predicted octanol–water partition coefficient (Wildman–Crippen LogP) is 0.687. The number of urea groups is 1. The van der Waals surface area contributed by atoms with Crippen LogP contribution in [0.1, 0.15) is 40.0 Å². The van der Waals surface area contributed by atoms with Gasteiger partial charge in [-0.2, -0.15) is 0 Å². The zero-order valence-corrected chi connectivity index (χ0v) is 15.7. The molecule has 0 radical (unpaired) electrons. The van der Waals surface area contributed by atoms with Crippen LogP contribution in [0.3, 0.4) is 0 Å². The maximum Gasteiger partial charge on any atom is 0.324 e. The maximum atomic E-state index is 11.5. The van der Waals surface area contributed by atoms with E-state index in [1.165, 1.54) is 4.90 Å². The fourth-order valence-corrected chi connectivity index (χ4v) is 3.11. The lowest BCUT2D eigenvalue weighted by Gasteiger charge is -2.52. The number of nitrogens with zero attached hydrogens (tertiary/aromatic N) is 2. The van der Waals surface area contributed by atoms with Gasteiger partial charge in [0.05, 0.1) is 12.6 Å². The summed E-state index contributed by atoms with van der Waals surface area (Å²) in [5.74, 6) is 0.485. The van der Waals surface area contributed by atoms with E-state index in [-0.39, 0.29) is 36.0 Å². The van der Waals surface area contributed by atoms with Crippen molar-refractivity contribution in [3.8, 4) is 0 Å². The van der Waals surface area contributed by atoms with Crippen LogP contribution in [0.25, 0.3) is 0 Å².